The van der Waals surface area contributed by atoms with Crippen LogP contribution in [-0.4, -0.2) is 25.4 Å². The highest BCUT2D eigenvalue weighted by molar-refractivity contribution is 7.98. The third-order valence-electron chi connectivity index (χ3n) is 3.62. The second kappa shape index (κ2) is 6.94. The number of hydrogen-bond acceptors (Lipinski definition) is 7. The summed E-state index contributed by atoms with van der Waals surface area (Å²) in [6.45, 7) is 2.13. The van der Waals surface area contributed by atoms with Gasteiger partial charge < -0.3 is 8.83 Å². The molecule has 0 saturated heterocycles. The molecule has 7 nitrogen and oxygen atoms in total. The van der Waals surface area contributed by atoms with Crippen LogP contribution in [0.5, 0.6) is 0 Å². The van der Waals surface area contributed by atoms with Crippen LogP contribution >= 0.6 is 11.8 Å². The van der Waals surface area contributed by atoms with Gasteiger partial charge in [-0.25, -0.2) is 4.98 Å². The molecule has 0 spiro atoms. The van der Waals surface area contributed by atoms with Crippen LogP contribution in [0.25, 0.3) is 23.0 Å². The molecular weight excluding hydrogens is 338 g/mol. The summed E-state index contributed by atoms with van der Waals surface area (Å²) in [6, 6.07) is 11.8. The molecule has 4 rings (SSSR count). The van der Waals surface area contributed by atoms with Gasteiger partial charge in [-0.15, -0.1) is 15.3 Å². The van der Waals surface area contributed by atoms with E-state index in [2.05, 4.69) is 44.4 Å². The summed E-state index contributed by atoms with van der Waals surface area (Å²) in [7, 11) is 0. The van der Waals surface area contributed by atoms with Crippen molar-refractivity contribution in [2.75, 3.05) is 0 Å². The van der Waals surface area contributed by atoms with Gasteiger partial charge in [0.15, 0.2) is 11.6 Å². The van der Waals surface area contributed by atoms with Gasteiger partial charge in [-0.1, -0.05) is 43.0 Å². The van der Waals surface area contributed by atoms with Crippen LogP contribution in [-0.2, 0) is 12.2 Å². The van der Waals surface area contributed by atoms with Crippen LogP contribution in [0.2, 0.25) is 0 Å². The molecule has 0 saturated carbocycles. The zero-order valence-electron chi connectivity index (χ0n) is 13.5. The Balaban J connectivity index is 1.41. The highest BCUT2D eigenvalue weighted by atomic mass is 32.2. The first-order valence-corrected chi connectivity index (χ1v) is 8.81. The number of thioether (sulfide) groups is 1. The first-order chi connectivity index (χ1) is 12.3. The Hall–Kier alpha value is -2.87. The molecule has 0 amide bonds. The van der Waals surface area contributed by atoms with Gasteiger partial charge in [0.2, 0.25) is 11.0 Å². The fraction of sp³-hybridized carbons (Fsp3) is 0.176. The molecule has 3 aromatic heterocycles. The lowest BCUT2D eigenvalue weighted by atomic mass is 10.1. The van der Waals surface area contributed by atoms with E-state index in [1.807, 2.05) is 12.1 Å². The predicted octanol–water partition coefficient (Wildman–Crippen LogP) is 3.97. The molecule has 0 aliphatic carbocycles. The fourth-order valence-corrected chi connectivity index (χ4v) is 2.91. The first kappa shape index (κ1) is 15.6. The van der Waals surface area contributed by atoms with Crippen molar-refractivity contribution in [1.82, 2.24) is 25.4 Å². The van der Waals surface area contributed by atoms with Crippen LogP contribution in [0.4, 0.5) is 0 Å². The third kappa shape index (κ3) is 3.48. The summed E-state index contributed by atoms with van der Waals surface area (Å²) in [5.74, 6) is 2.65. The van der Waals surface area contributed by atoms with Crippen molar-refractivity contribution in [2.24, 2.45) is 0 Å². The lowest BCUT2D eigenvalue weighted by Gasteiger charge is -1.98. The van der Waals surface area contributed by atoms with Crippen molar-refractivity contribution in [3.63, 3.8) is 0 Å². The number of nitrogens with one attached hydrogen (secondary N) is 1. The predicted molar refractivity (Wildman–Crippen MR) is 92.8 cm³/mol. The molecule has 8 heteroatoms. The summed E-state index contributed by atoms with van der Waals surface area (Å²) in [6.07, 6.45) is 2.58. The van der Waals surface area contributed by atoms with Gasteiger partial charge in [0.25, 0.3) is 5.89 Å². The number of aryl methyl sites for hydroxylation is 1. The highest BCUT2D eigenvalue weighted by Crippen LogP contribution is 2.24. The fourth-order valence-electron chi connectivity index (χ4n) is 2.28. The Kier molecular flexibility index (Phi) is 4.34. The molecule has 1 N–H and O–H groups in total. The van der Waals surface area contributed by atoms with Crippen molar-refractivity contribution >= 4 is 11.8 Å². The van der Waals surface area contributed by atoms with E-state index in [-0.39, 0.29) is 0 Å². The van der Waals surface area contributed by atoms with E-state index < -0.39 is 0 Å². The minimum Gasteiger partial charge on any atom is -0.459 e. The maximum Gasteiger partial charge on any atom is 0.283 e. The Morgan fingerprint density at radius 2 is 2.00 bits per heavy atom. The topological polar surface area (TPSA) is 93.6 Å². The van der Waals surface area contributed by atoms with E-state index in [0.29, 0.717) is 28.5 Å². The van der Waals surface area contributed by atoms with E-state index >= 15 is 0 Å². The smallest absolute Gasteiger partial charge is 0.283 e. The lowest BCUT2D eigenvalue weighted by molar-refractivity contribution is 0.494. The van der Waals surface area contributed by atoms with Crippen LogP contribution in [0, 0.1) is 0 Å². The highest BCUT2D eigenvalue weighted by Gasteiger charge is 2.12. The minimum atomic E-state index is 0.368. The van der Waals surface area contributed by atoms with Gasteiger partial charge in [-0.05, 0) is 24.1 Å². The van der Waals surface area contributed by atoms with Gasteiger partial charge in [0.1, 0.15) is 0 Å². The molecule has 3 heterocycles. The Morgan fingerprint density at radius 3 is 2.76 bits per heavy atom. The Bertz CT molecular complexity index is 944. The Labute approximate surface area is 147 Å². The average molecular weight is 353 g/mol. The summed E-state index contributed by atoms with van der Waals surface area (Å²) in [5, 5.41) is 15.8. The van der Waals surface area contributed by atoms with E-state index in [9.17, 15) is 0 Å². The number of furan rings is 1. The van der Waals surface area contributed by atoms with Crippen LogP contribution < -0.4 is 0 Å². The van der Waals surface area contributed by atoms with Gasteiger partial charge in [-0.3, -0.25) is 5.10 Å². The number of H-pyrrole nitrogens is 1. The first-order valence-electron chi connectivity index (χ1n) is 7.82. The molecular formula is C17H15N5O2S. The summed E-state index contributed by atoms with van der Waals surface area (Å²) >= 11 is 1.43. The lowest BCUT2D eigenvalue weighted by Crippen LogP contribution is -1.84. The SMILES string of the molecule is CCc1ccc(-c2nc(SCc3nnc(-c4ccco4)o3)n[nH]2)cc1. The number of nitrogens with zero attached hydrogens (tertiary/aromatic N) is 4. The zero-order chi connectivity index (χ0) is 17.1. The largest absolute Gasteiger partial charge is 0.459 e. The van der Waals surface area contributed by atoms with Gasteiger partial charge >= 0.3 is 0 Å². The normalized spacial score (nSPS) is 11.1. The summed E-state index contributed by atoms with van der Waals surface area (Å²) in [4.78, 5) is 4.50. The van der Waals surface area contributed by atoms with Crippen molar-refractivity contribution in [3.05, 3.63) is 54.1 Å². The van der Waals surface area contributed by atoms with Crippen LogP contribution in [0.15, 0.2) is 56.7 Å². The van der Waals surface area contributed by atoms with Crippen molar-refractivity contribution in [3.8, 4) is 23.0 Å². The molecule has 0 radical (unpaired) electrons. The minimum absolute atomic E-state index is 0.368. The summed E-state index contributed by atoms with van der Waals surface area (Å²) < 4.78 is 10.8. The molecule has 25 heavy (non-hydrogen) atoms. The maximum absolute atomic E-state index is 5.56. The second-order valence-corrected chi connectivity index (χ2v) is 6.23. The zero-order valence-corrected chi connectivity index (χ0v) is 14.3. The molecule has 1 aromatic carbocycles. The van der Waals surface area contributed by atoms with Gasteiger partial charge in [0.05, 0.1) is 12.0 Å². The molecule has 0 aliphatic heterocycles. The number of aromatic amines is 1. The molecule has 4 aromatic rings. The monoisotopic (exact) mass is 353 g/mol. The molecule has 126 valence electrons. The quantitative estimate of drug-likeness (QED) is 0.524. The summed E-state index contributed by atoms with van der Waals surface area (Å²) in [5.41, 5.74) is 2.30. The van der Waals surface area contributed by atoms with Crippen molar-refractivity contribution < 1.29 is 8.83 Å². The average Bonchev–Trinajstić information content (AvgIpc) is 3.41. The molecule has 0 atom stereocenters. The van der Waals surface area contributed by atoms with Crippen LogP contribution in [0.1, 0.15) is 18.4 Å². The van der Waals surface area contributed by atoms with E-state index in [0.717, 1.165) is 17.8 Å². The van der Waals surface area contributed by atoms with E-state index in [1.54, 1.807) is 18.4 Å². The van der Waals surface area contributed by atoms with Gasteiger partial charge in [0, 0.05) is 5.56 Å². The Morgan fingerprint density at radius 1 is 1.12 bits per heavy atom. The standard InChI is InChI=1S/C17H15N5O2S/c1-2-11-5-7-12(8-6-11)15-18-17(22-20-15)25-10-14-19-21-16(24-14)13-4-3-9-23-13/h3-9H,2,10H2,1H3,(H,18,20,22). The molecule has 0 fully saturated rings. The number of benzene rings is 1. The van der Waals surface area contributed by atoms with Crippen molar-refractivity contribution in [2.45, 2.75) is 24.3 Å². The van der Waals surface area contributed by atoms with E-state index in [4.69, 9.17) is 8.83 Å². The van der Waals surface area contributed by atoms with Gasteiger partial charge in [-0.2, -0.15) is 0 Å². The number of rotatable bonds is 6. The number of hydrogen-bond donors (Lipinski definition) is 1. The molecule has 0 aliphatic rings. The van der Waals surface area contributed by atoms with E-state index in [1.165, 1.54) is 17.3 Å². The molecule has 0 unspecified atom stereocenters. The second-order valence-electron chi connectivity index (χ2n) is 5.28. The maximum atomic E-state index is 5.56. The van der Waals surface area contributed by atoms with Crippen LogP contribution in [0.3, 0.4) is 0 Å². The van der Waals surface area contributed by atoms with Crippen molar-refractivity contribution in [1.29, 1.82) is 0 Å². The number of aromatic nitrogens is 5. The third-order valence-corrected chi connectivity index (χ3v) is 4.46. The molecule has 0 bridgehead atoms.